The number of rotatable bonds is 5. The van der Waals surface area contributed by atoms with Crippen molar-refractivity contribution in [3.63, 3.8) is 0 Å². The summed E-state index contributed by atoms with van der Waals surface area (Å²) in [5, 5.41) is 0. The van der Waals surface area contributed by atoms with Crippen molar-refractivity contribution in [1.82, 2.24) is 9.62 Å². The quantitative estimate of drug-likeness (QED) is 0.756. The van der Waals surface area contributed by atoms with Crippen molar-refractivity contribution in [1.29, 1.82) is 0 Å². The summed E-state index contributed by atoms with van der Waals surface area (Å²) >= 11 is 0. The lowest BCUT2D eigenvalue weighted by Crippen LogP contribution is -2.51. The second-order valence-electron chi connectivity index (χ2n) is 5.01. The van der Waals surface area contributed by atoms with Gasteiger partial charge in [0.15, 0.2) is 0 Å². The summed E-state index contributed by atoms with van der Waals surface area (Å²) in [6, 6.07) is -0.668. The number of nitrogens with one attached hydrogen (secondary N) is 1. The average Bonchev–Trinajstić information content (AvgIpc) is 2.26. The normalized spacial score (nSPS) is 19.0. The highest BCUT2D eigenvalue weighted by molar-refractivity contribution is 7.88. The van der Waals surface area contributed by atoms with Gasteiger partial charge in [-0.25, -0.2) is 13.1 Å². The molecule has 0 bridgehead atoms. The van der Waals surface area contributed by atoms with E-state index in [2.05, 4.69) is 4.72 Å². The summed E-state index contributed by atoms with van der Waals surface area (Å²) in [5.41, 5.74) is 0. The molecule has 1 saturated heterocycles. The van der Waals surface area contributed by atoms with Gasteiger partial charge in [-0.05, 0) is 12.3 Å². The van der Waals surface area contributed by atoms with Gasteiger partial charge >= 0.3 is 0 Å². The molecule has 0 spiro atoms. The van der Waals surface area contributed by atoms with Crippen LogP contribution in [0.1, 0.15) is 20.3 Å². The van der Waals surface area contributed by atoms with Crippen molar-refractivity contribution in [2.75, 3.05) is 32.6 Å². The monoisotopic (exact) mass is 278 g/mol. The molecule has 0 aliphatic carbocycles. The SMILES string of the molecule is CC(C)C[C@@H](NS(C)(=O)=O)C(=O)N1CCOCC1. The first-order valence-corrected chi connectivity index (χ1v) is 8.02. The van der Waals surface area contributed by atoms with Crippen LogP contribution in [0.2, 0.25) is 0 Å². The molecule has 0 aromatic carbocycles. The van der Waals surface area contributed by atoms with Gasteiger partial charge < -0.3 is 9.64 Å². The maximum absolute atomic E-state index is 12.3. The lowest BCUT2D eigenvalue weighted by Gasteiger charge is -2.31. The van der Waals surface area contributed by atoms with Gasteiger partial charge in [0.2, 0.25) is 15.9 Å². The van der Waals surface area contributed by atoms with Gasteiger partial charge in [0.1, 0.15) is 6.04 Å². The van der Waals surface area contributed by atoms with Gasteiger partial charge in [-0.2, -0.15) is 0 Å². The molecule has 6 nitrogen and oxygen atoms in total. The predicted octanol–water partition coefficient (Wildman–Crippen LogP) is -0.191. The number of morpholine rings is 1. The van der Waals surface area contributed by atoms with E-state index >= 15 is 0 Å². The Hall–Kier alpha value is -0.660. The van der Waals surface area contributed by atoms with Crippen molar-refractivity contribution >= 4 is 15.9 Å². The van der Waals surface area contributed by atoms with Crippen LogP contribution in [0.5, 0.6) is 0 Å². The van der Waals surface area contributed by atoms with E-state index < -0.39 is 16.1 Å². The first-order valence-electron chi connectivity index (χ1n) is 6.13. The number of carbonyl (C=O) groups is 1. The summed E-state index contributed by atoms with van der Waals surface area (Å²) in [5.74, 6) is 0.0895. The molecule has 1 fully saturated rings. The van der Waals surface area contributed by atoms with Crippen molar-refractivity contribution in [3.8, 4) is 0 Å². The second kappa shape index (κ2) is 6.49. The van der Waals surface area contributed by atoms with E-state index in [4.69, 9.17) is 4.74 Å². The highest BCUT2D eigenvalue weighted by Crippen LogP contribution is 2.10. The van der Waals surface area contributed by atoms with Gasteiger partial charge in [-0.3, -0.25) is 4.79 Å². The van der Waals surface area contributed by atoms with Crippen LogP contribution in [-0.2, 0) is 19.6 Å². The molecule has 7 heteroatoms. The zero-order valence-corrected chi connectivity index (χ0v) is 12.0. The van der Waals surface area contributed by atoms with Crippen LogP contribution in [0, 0.1) is 5.92 Å². The molecule has 1 heterocycles. The van der Waals surface area contributed by atoms with E-state index in [-0.39, 0.29) is 11.8 Å². The Labute approximate surface area is 109 Å². The Morgan fingerprint density at radius 3 is 2.33 bits per heavy atom. The Balaban J connectivity index is 2.71. The molecule has 1 amide bonds. The van der Waals surface area contributed by atoms with E-state index in [9.17, 15) is 13.2 Å². The Morgan fingerprint density at radius 1 is 1.33 bits per heavy atom. The zero-order chi connectivity index (χ0) is 13.8. The smallest absolute Gasteiger partial charge is 0.240 e. The first kappa shape index (κ1) is 15.4. The Morgan fingerprint density at radius 2 is 1.89 bits per heavy atom. The minimum absolute atomic E-state index is 0.155. The Bertz CT molecular complexity index is 375. The van der Waals surface area contributed by atoms with Crippen LogP contribution >= 0.6 is 0 Å². The third kappa shape index (κ3) is 5.32. The standard InChI is InChI=1S/C11H22N2O4S/c1-9(2)8-10(12-18(3,15)16)11(14)13-4-6-17-7-5-13/h9-10,12H,4-8H2,1-3H3/t10-/m1/s1. The molecule has 0 radical (unpaired) electrons. The fourth-order valence-electron chi connectivity index (χ4n) is 1.93. The van der Waals surface area contributed by atoms with Crippen molar-refractivity contribution < 1.29 is 17.9 Å². The molecule has 18 heavy (non-hydrogen) atoms. The van der Waals surface area contributed by atoms with Gasteiger partial charge in [0.05, 0.1) is 19.5 Å². The molecule has 1 N–H and O–H groups in total. The molecule has 1 atom stereocenters. The number of sulfonamides is 1. The lowest BCUT2D eigenvalue weighted by atomic mass is 10.0. The maximum Gasteiger partial charge on any atom is 0.240 e. The van der Waals surface area contributed by atoms with Crippen molar-refractivity contribution in [3.05, 3.63) is 0 Å². The number of hydrogen-bond donors (Lipinski definition) is 1. The van der Waals surface area contributed by atoms with Crippen LogP contribution in [0.3, 0.4) is 0 Å². The summed E-state index contributed by atoms with van der Waals surface area (Å²) in [7, 11) is -3.38. The zero-order valence-electron chi connectivity index (χ0n) is 11.2. The molecule has 1 rings (SSSR count). The van der Waals surface area contributed by atoms with E-state index in [1.54, 1.807) is 4.90 Å². The highest BCUT2D eigenvalue weighted by atomic mass is 32.2. The fourth-order valence-corrected chi connectivity index (χ4v) is 2.65. The Kier molecular flexibility index (Phi) is 5.55. The van der Waals surface area contributed by atoms with E-state index in [0.29, 0.717) is 32.7 Å². The molecular weight excluding hydrogens is 256 g/mol. The summed E-state index contributed by atoms with van der Waals surface area (Å²) < 4.78 is 30.2. The van der Waals surface area contributed by atoms with Crippen LogP contribution in [-0.4, -0.2) is 57.8 Å². The number of carbonyl (C=O) groups excluding carboxylic acids is 1. The molecule has 0 saturated carbocycles. The topological polar surface area (TPSA) is 75.7 Å². The van der Waals surface area contributed by atoms with Crippen molar-refractivity contribution in [2.45, 2.75) is 26.3 Å². The van der Waals surface area contributed by atoms with Gasteiger partial charge in [-0.15, -0.1) is 0 Å². The molecule has 1 aliphatic rings. The summed E-state index contributed by atoms with van der Waals surface area (Å²) in [4.78, 5) is 13.9. The number of hydrogen-bond acceptors (Lipinski definition) is 4. The summed E-state index contributed by atoms with van der Waals surface area (Å²) in [6.07, 6.45) is 1.58. The second-order valence-corrected chi connectivity index (χ2v) is 6.79. The van der Waals surface area contributed by atoms with Crippen LogP contribution in [0.4, 0.5) is 0 Å². The molecule has 0 unspecified atom stereocenters. The largest absolute Gasteiger partial charge is 0.378 e. The maximum atomic E-state index is 12.3. The highest BCUT2D eigenvalue weighted by Gasteiger charge is 2.28. The first-order chi connectivity index (χ1) is 8.29. The molecule has 106 valence electrons. The molecular formula is C11H22N2O4S. The minimum Gasteiger partial charge on any atom is -0.378 e. The lowest BCUT2D eigenvalue weighted by molar-refractivity contribution is -0.137. The van der Waals surface area contributed by atoms with Gasteiger partial charge in [0, 0.05) is 13.1 Å². The molecule has 0 aromatic rings. The predicted molar refractivity (Wildman–Crippen MR) is 68.6 cm³/mol. The number of amides is 1. The van der Waals surface area contributed by atoms with E-state index in [0.717, 1.165) is 6.26 Å². The number of ether oxygens (including phenoxy) is 1. The molecule has 0 aromatic heterocycles. The van der Waals surface area contributed by atoms with Crippen LogP contribution in [0.25, 0.3) is 0 Å². The van der Waals surface area contributed by atoms with E-state index in [1.807, 2.05) is 13.8 Å². The van der Waals surface area contributed by atoms with Crippen LogP contribution in [0.15, 0.2) is 0 Å². The fraction of sp³-hybridized carbons (Fsp3) is 0.909. The minimum atomic E-state index is -3.38. The van der Waals surface area contributed by atoms with Crippen LogP contribution < -0.4 is 4.72 Å². The van der Waals surface area contributed by atoms with Gasteiger partial charge in [-0.1, -0.05) is 13.8 Å². The van der Waals surface area contributed by atoms with Gasteiger partial charge in [0.25, 0.3) is 0 Å². The molecule has 1 aliphatic heterocycles. The summed E-state index contributed by atoms with van der Waals surface area (Å²) in [6.45, 7) is 6.00. The number of nitrogens with zero attached hydrogens (tertiary/aromatic N) is 1. The average molecular weight is 278 g/mol. The van der Waals surface area contributed by atoms with Crippen molar-refractivity contribution in [2.24, 2.45) is 5.92 Å². The third-order valence-electron chi connectivity index (χ3n) is 2.68. The van der Waals surface area contributed by atoms with E-state index in [1.165, 1.54) is 0 Å². The third-order valence-corrected chi connectivity index (χ3v) is 3.40.